The first kappa shape index (κ1) is 24.5. The number of hydrogen-bond donors (Lipinski definition) is 2. The third kappa shape index (κ3) is 5.62. The number of nitrogens with one attached hydrogen (secondary N) is 2. The van der Waals surface area contributed by atoms with Crippen molar-refractivity contribution in [3.8, 4) is 0 Å². The highest BCUT2D eigenvalue weighted by Crippen LogP contribution is 2.27. The molecule has 9 heteroatoms. The lowest BCUT2D eigenvalue weighted by Crippen LogP contribution is -2.43. The third-order valence-corrected chi connectivity index (χ3v) is 6.78. The van der Waals surface area contributed by atoms with Gasteiger partial charge in [0.15, 0.2) is 5.69 Å². The van der Waals surface area contributed by atoms with Gasteiger partial charge in [-0.2, -0.15) is 0 Å². The van der Waals surface area contributed by atoms with Gasteiger partial charge in [0.2, 0.25) is 5.91 Å². The summed E-state index contributed by atoms with van der Waals surface area (Å²) in [5, 5.41) is 12.4. The molecule has 0 spiro atoms. The van der Waals surface area contributed by atoms with Crippen molar-refractivity contribution in [3.05, 3.63) is 89.9 Å². The van der Waals surface area contributed by atoms with Gasteiger partial charge in [0.25, 0.3) is 0 Å². The summed E-state index contributed by atoms with van der Waals surface area (Å²) in [5.41, 5.74) is 3.54. The predicted molar refractivity (Wildman–Crippen MR) is 141 cm³/mol. The third-order valence-electron chi connectivity index (χ3n) is 6.78. The number of H-pyrrole nitrogens is 1. The number of carbonyl (C=O) groups excluding carboxylic acids is 2. The number of methoxy groups -OCH3 is 1. The molecule has 1 saturated heterocycles. The molecule has 190 valence electrons. The van der Waals surface area contributed by atoms with Gasteiger partial charge in [-0.3, -0.25) is 9.69 Å². The molecule has 0 aliphatic carbocycles. The lowest BCUT2D eigenvalue weighted by molar-refractivity contribution is -0.125. The number of hydrogen-bond acceptors (Lipinski definition) is 6. The molecule has 2 aromatic heterocycles. The Morgan fingerprint density at radius 3 is 2.81 bits per heavy atom. The molecule has 1 amide bonds. The van der Waals surface area contributed by atoms with Crippen LogP contribution in [0.4, 0.5) is 0 Å². The second-order valence-corrected chi connectivity index (χ2v) is 9.15. The molecule has 0 bridgehead atoms. The summed E-state index contributed by atoms with van der Waals surface area (Å²) in [6.45, 7) is 1.78. The predicted octanol–water partition coefficient (Wildman–Crippen LogP) is 3.23. The molecule has 3 heterocycles. The number of esters is 1. The van der Waals surface area contributed by atoms with Crippen molar-refractivity contribution >= 4 is 28.9 Å². The van der Waals surface area contributed by atoms with Crippen molar-refractivity contribution in [2.45, 2.75) is 24.9 Å². The van der Waals surface area contributed by atoms with Crippen LogP contribution in [0.2, 0.25) is 0 Å². The highest BCUT2D eigenvalue weighted by atomic mass is 16.5. The number of benzene rings is 2. The number of ether oxygens (including phenoxy) is 1. The van der Waals surface area contributed by atoms with E-state index in [0.29, 0.717) is 26.1 Å². The second kappa shape index (κ2) is 11.2. The molecular weight excluding hydrogens is 468 g/mol. The molecule has 9 nitrogen and oxygen atoms in total. The summed E-state index contributed by atoms with van der Waals surface area (Å²) in [6.07, 6.45) is 9.04. The molecule has 0 saturated carbocycles. The minimum absolute atomic E-state index is 0.0104. The molecule has 2 atom stereocenters. The van der Waals surface area contributed by atoms with E-state index in [9.17, 15) is 9.59 Å². The topological polar surface area (TPSA) is 105 Å². The van der Waals surface area contributed by atoms with Crippen molar-refractivity contribution in [2.75, 3.05) is 26.7 Å². The molecule has 1 aliphatic rings. The molecule has 2 aromatic carbocycles. The molecule has 1 fully saturated rings. The number of fused-ring (bicyclic) bond motifs is 1. The van der Waals surface area contributed by atoms with E-state index in [4.69, 9.17) is 4.74 Å². The lowest BCUT2D eigenvalue weighted by atomic mass is 10.1. The van der Waals surface area contributed by atoms with E-state index in [1.807, 2.05) is 54.7 Å². The standard InChI is InChI=1S/C28H30N6O3/c1-37-28(36)25-19-34(32-31-25)22-16-26(33(18-22)15-7-10-20-8-3-2-4-9-20)27(35)29-14-13-21-17-30-24-12-6-5-11-23(21)24/h2-12,17,19,22,26,30H,13-16,18H2,1H3,(H,29,35)/b10-7+/t22-,26+/m1/s1. The van der Waals surface area contributed by atoms with E-state index in [1.54, 1.807) is 10.9 Å². The number of aromatic nitrogens is 4. The minimum atomic E-state index is -0.529. The average molecular weight is 499 g/mol. The molecule has 1 aliphatic heterocycles. The van der Waals surface area contributed by atoms with E-state index in [2.05, 4.69) is 43.7 Å². The molecule has 4 aromatic rings. The van der Waals surface area contributed by atoms with Crippen LogP contribution < -0.4 is 5.32 Å². The van der Waals surface area contributed by atoms with Gasteiger partial charge in [0.1, 0.15) is 0 Å². The molecule has 2 N–H and O–H groups in total. The fourth-order valence-corrected chi connectivity index (χ4v) is 4.86. The second-order valence-electron chi connectivity index (χ2n) is 9.15. The number of carbonyl (C=O) groups is 2. The van der Waals surface area contributed by atoms with Crippen LogP contribution in [0.25, 0.3) is 17.0 Å². The van der Waals surface area contributed by atoms with E-state index >= 15 is 0 Å². The van der Waals surface area contributed by atoms with Gasteiger partial charge in [-0.05, 0) is 30.0 Å². The molecular formula is C28H30N6O3. The Morgan fingerprint density at radius 1 is 1.16 bits per heavy atom. The van der Waals surface area contributed by atoms with Crippen molar-refractivity contribution in [1.29, 1.82) is 0 Å². The summed E-state index contributed by atoms with van der Waals surface area (Å²) in [6, 6.07) is 17.8. The Labute approximate surface area is 215 Å². The largest absolute Gasteiger partial charge is 0.464 e. The SMILES string of the molecule is COC(=O)c1cn([C@@H]2C[C@@H](C(=O)NCCc3c[nH]c4ccccc34)N(C/C=C/c3ccccc3)C2)nn1. The summed E-state index contributed by atoms with van der Waals surface area (Å²) < 4.78 is 6.41. The quantitative estimate of drug-likeness (QED) is 0.343. The first-order valence-electron chi connectivity index (χ1n) is 12.4. The van der Waals surface area contributed by atoms with Crippen molar-refractivity contribution in [1.82, 2.24) is 30.2 Å². The normalized spacial score (nSPS) is 18.0. The smallest absolute Gasteiger partial charge is 0.360 e. The zero-order valence-electron chi connectivity index (χ0n) is 20.7. The van der Waals surface area contributed by atoms with Crippen LogP contribution in [0.3, 0.4) is 0 Å². The maximum atomic E-state index is 13.3. The minimum Gasteiger partial charge on any atom is -0.464 e. The Hall–Kier alpha value is -4.24. The number of nitrogens with zero attached hydrogens (tertiary/aromatic N) is 4. The fourth-order valence-electron chi connectivity index (χ4n) is 4.86. The van der Waals surface area contributed by atoms with Crippen LogP contribution in [-0.4, -0.2) is 69.5 Å². The Morgan fingerprint density at radius 2 is 1.97 bits per heavy atom. The first-order chi connectivity index (χ1) is 18.1. The maximum Gasteiger partial charge on any atom is 0.360 e. The Balaban J connectivity index is 1.26. The van der Waals surface area contributed by atoms with Crippen molar-refractivity contribution < 1.29 is 14.3 Å². The lowest BCUT2D eigenvalue weighted by Gasteiger charge is -2.22. The first-order valence-corrected chi connectivity index (χ1v) is 12.4. The molecule has 5 rings (SSSR count). The Kier molecular flexibility index (Phi) is 7.41. The van der Waals surface area contributed by atoms with Gasteiger partial charge in [-0.25, -0.2) is 9.48 Å². The number of likely N-dealkylation sites (tertiary alicyclic amines) is 1. The molecule has 0 radical (unpaired) electrons. The van der Waals surface area contributed by atoms with Crippen LogP contribution in [0.1, 0.15) is 34.1 Å². The number of rotatable bonds is 9. The van der Waals surface area contributed by atoms with Crippen molar-refractivity contribution in [2.24, 2.45) is 0 Å². The van der Waals surface area contributed by atoms with Crippen LogP contribution in [0, 0.1) is 0 Å². The number of aromatic amines is 1. The van der Waals surface area contributed by atoms with E-state index < -0.39 is 5.97 Å². The van der Waals surface area contributed by atoms with Gasteiger partial charge >= 0.3 is 5.97 Å². The van der Waals surface area contributed by atoms with Crippen LogP contribution >= 0.6 is 0 Å². The van der Waals surface area contributed by atoms with E-state index in [-0.39, 0.29) is 23.7 Å². The summed E-state index contributed by atoms with van der Waals surface area (Å²) in [4.78, 5) is 30.6. The summed E-state index contributed by atoms with van der Waals surface area (Å²) in [5.74, 6) is -0.540. The van der Waals surface area contributed by atoms with E-state index in [0.717, 1.165) is 17.5 Å². The maximum absolute atomic E-state index is 13.3. The summed E-state index contributed by atoms with van der Waals surface area (Å²) >= 11 is 0. The van der Waals surface area contributed by atoms with Crippen LogP contribution in [0.5, 0.6) is 0 Å². The average Bonchev–Trinajstić information content (AvgIpc) is 3.68. The van der Waals surface area contributed by atoms with Gasteiger partial charge in [0, 0.05) is 36.7 Å². The van der Waals surface area contributed by atoms with Gasteiger partial charge in [0.05, 0.1) is 25.4 Å². The van der Waals surface area contributed by atoms with Crippen molar-refractivity contribution in [3.63, 3.8) is 0 Å². The molecule has 37 heavy (non-hydrogen) atoms. The zero-order valence-corrected chi connectivity index (χ0v) is 20.7. The summed E-state index contributed by atoms with van der Waals surface area (Å²) in [7, 11) is 1.31. The monoisotopic (exact) mass is 498 g/mol. The highest BCUT2D eigenvalue weighted by molar-refractivity contribution is 5.86. The highest BCUT2D eigenvalue weighted by Gasteiger charge is 2.37. The zero-order chi connectivity index (χ0) is 25.6. The Bertz CT molecular complexity index is 1390. The fraction of sp³-hybridized carbons (Fsp3) is 0.286. The number of amides is 1. The van der Waals surface area contributed by atoms with Gasteiger partial charge in [-0.1, -0.05) is 65.9 Å². The number of para-hydroxylation sites is 1. The van der Waals surface area contributed by atoms with Gasteiger partial charge in [-0.15, -0.1) is 5.10 Å². The van der Waals surface area contributed by atoms with Crippen LogP contribution in [-0.2, 0) is 16.0 Å². The molecule has 0 unspecified atom stereocenters. The van der Waals surface area contributed by atoms with Crippen LogP contribution in [0.15, 0.2) is 73.1 Å². The van der Waals surface area contributed by atoms with Gasteiger partial charge < -0.3 is 15.0 Å². The van der Waals surface area contributed by atoms with E-state index in [1.165, 1.54) is 18.1 Å².